The normalized spacial score (nSPS) is 10.2. The van der Waals surface area contributed by atoms with Gasteiger partial charge < -0.3 is 9.47 Å². The van der Waals surface area contributed by atoms with Crippen LogP contribution in [0.25, 0.3) is 0 Å². The van der Waals surface area contributed by atoms with E-state index in [1.54, 1.807) is 18.2 Å². The number of hydrazone groups is 1. The van der Waals surface area contributed by atoms with Crippen molar-refractivity contribution in [1.82, 2.24) is 5.43 Å². The third-order valence-electron chi connectivity index (χ3n) is 2.81. The number of carbonyl (C=O) groups is 1. The van der Waals surface area contributed by atoms with Crippen molar-refractivity contribution in [1.29, 1.82) is 0 Å². The van der Waals surface area contributed by atoms with Crippen LogP contribution in [0.15, 0.2) is 53.6 Å². The summed E-state index contributed by atoms with van der Waals surface area (Å²) in [5.41, 5.74) is 3.12. The zero-order valence-corrected chi connectivity index (χ0v) is 14.9. The first-order chi connectivity index (χ1) is 11.7. The third-order valence-corrected chi connectivity index (χ3v) is 3.53. The number of hydrogen-bond donors (Lipinski definition) is 1. The molecule has 0 spiro atoms. The maximum absolute atomic E-state index is 11.7. The van der Waals surface area contributed by atoms with Gasteiger partial charge in [0.05, 0.1) is 6.21 Å². The molecule has 122 valence electrons. The van der Waals surface area contributed by atoms with E-state index in [4.69, 9.17) is 15.9 Å². The summed E-state index contributed by atoms with van der Waals surface area (Å²) in [5.74, 6) is 3.27. The number of para-hydroxylation sites is 1. The van der Waals surface area contributed by atoms with Crippen molar-refractivity contribution in [2.75, 3.05) is 13.2 Å². The van der Waals surface area contributed by atoms with Gasteiger partial charge in [-0.2, -0.15) is 5.10 Å². The highest BCUT2D eigenvalue weighted by molar-refractivity contribution is 14.1. The SMILES string of the molecule is C#CCOc1ccccc1/C=N/NC(=O)COc1ccc(I)cc1. The van der Waals surface area contributed by atoms with Crippen LogP contribution < -0.4 is 14.9 Å². The van der Waals surface area contributed by atoms with Crippen LogP contribution in [0.1, 0.15) is 5.56 Å². The molecule has 0 aliphatic rings. The zero-order valence-electron chi connectivity index (χ0n) is 12.7. The van der Waals surface area contributed by atoms with Crippen molar-refractivity contribution in [2.45, 2.75) is 0 Å². The van der Waals surface area contributed by atoms with Crippen molar-refractivity contribution in [3.05, 3.63) is 57.7 Å². The molecule has 0 saturated carbocycles. The lowest BCUT2D eigenvalue weighted by Crippen LogP contribution is -2.24. The van der Waals surface area contributed by atoms with E-state index in [-0.39, 0.29) is 19.1 Å². The lowest BCUT2D eigenvalue weighted by molar-refractivity contribution is -0.123. The summed E-state index contributed by atoms with van der Waals surface area (Å²) in [4.78, 5) is 11.7. The average molecular weight is 434 g/mol. The summed E-state index contributed by atoms with van der Waals surface area (Å²) in [7, 11) is 0. The fourth-order valence-corrected chi connectivity index (χ4v) is 2.08. The van der Waals surface area contributed by atoms with Crippen LogP contribution in [0.3, 0.4) is 0 Å². The summed E-state index contributed by atoms with van der Waals surface area (Å²) >= 11 is 2.20. The number of amides is 1. The van der Waals surface area contributed by atoms with Crippen molar-refractivity contribution < 1.29 is 14.3 Å². The van der Waals surface area contributed by atoms with Crippen LogP contribution in [0.5, 0.6) is 11.5 Å². The highest BCUT2D eigenvalue weighted by Gasteiger charge is 2.02. The number of nitrogens with zero attached hydrogens (tertiary/aromatic N) is 1. The molecule has 6 heteroatoms. The van der Waals surface area contributed by atoms with Crippen LogP contribution in [-0.4, -0.2) is 25.3 Å². The minimum Gasteiger partial charge on any atom is -0.484 e. The number of nitrogens with one attached hydrogen (secondary N) is 1. The molecule has 1 N–H and O–H groups in total. The molecule has 0 aliphatic carbocycles. The molecule has 0 bridgehead atoms. The van der Waals surface area contributed by atoms with E-state index in [0.717, 1.165) is 3.57 Å². The maximum Gasteiger partial charge on any atom is 0.277 e. The monoisotopic (exact) mass is 434 g/mol. The Morgan fingerprint density at radius 2 is 1.96 bits per heavy atom. The second-order valence-electron chi connectivity index (χ2n) is 4.57. The van der Waals surface area contributed by atoms with Gasteiger partial charge in [0.1, 0.15) is 18.1 Å². The molecule has 0 radical (unpaired) electrons. The largest absolute Gasteiger partial charge is 0.484 e. The number of carbonyl (C=O) groups excluding carboxylic acids is 1. The molecule has 1 amide bonds. The Hall–Kier alpha value is -2.53. The summed E-state index contributed by atoms with van der Waals surface area (Å²) in [6.07, 6.45) is 6.67. The molecule has 0 aliphatic heterocycles. The molecule has 2 aromatic carbocycles. The fraction of sp³-hybridized carbons (Fsp3) is 0.111. The van der Waals surface area contributed by atoms with Gasteiger partial charge in [0.15, 0.2) is 6.61 Å². The van der Waals surface area contributed by atoms with Gasteiger partial charge in [-0.15, -0.1) is 6.42 Å². The Balaban J connectivity index is 1.84. The fourth-order valence-electron chi connectivity index (χ4n) is 1.72. The molecule has 0 aromatic heterocycles. The number of rotatable bonds is 7. The van der Waals surface area contributed by atoms with Gasteiger partial charge in [-0.25, -0.2) is 5.43 Å². The van der Waals surface area contributed by atoms with Gasteiger partial charge in [0.2, 0.25) is 0 Å². The second-order valence-corrected chi connectivity index (χ2v) is 5.81. The van der Waals surface area contributed by atoms with Crippen molar-refractivity contribution >= 4 is 34.7 Å². The predicted octanol–water partition coefficient (Wildman–Crippen LogP) is 2.83. The Morgan fingerprint density at radius 3 is 2.71 bits per heavy atom. The Morgan fingerprint density at radius 1 is 1.21 bits per heavy atom. The summed E-state index contributed by atoms with van der Waals surface area (Å²) in [6, 6.07) is 14.7. The zero-order chi connectivity index (χ0) is 17.2. The molecule has 24 heavy (non-hydrogen) atoms. The molecule has 0 atom stereocenters. The Kier molecular flexibility index (Phi) is 7.11. The lowest BCUT2D eigenvalue weighted by Gasteiger charge is -2.06. The molecule has 0 unspecified atom stereocenters. The van der Waals surface area contributed by atoms with Gasteiger partial charge in [-0.3, -0.25) is 4.79 Å². The van der Waals surface area contributed by atoms with Crippen molar-refractivity contribution in [3.63, 3.8) is 0 Å². The number of ether oxygens (including phenoxy) is 2. The van der Waals surface area contributed by atoms with E-state index in [1.807, 2.05) is 30.3 Å². The number of halogens is 1. The molecule has 2 aromatic rings. The molecule has 2 rings (SSSR count). The van der Waals surface area contributed by atoms with E-state index >= 15 is 0 Å². The van der Waals surface area contributed by atoms with Gasteiger partial charge in [0.25, 0.3) is 5.91 Å². The summed E-state index contributed by atoms with van der Waals surface area (Å²) in [6.45, 7) is 0.0498. The van der Waals surface area contributed by atoms with Crippen LogP contribution in [0, 0.1) is 15.9 Å². The second kappa shape index (κ2) is 9.57. The van der Waals surface area contributed by atoms with Crippen LogP contribution in [0.4, 0.5) is 0 Å². The minimum absolute atomic E-state index is 0.118. The van der Waals surface area contributed by atoms with Gasteiger partial charge in [-0.05, 0) is 59.0 Å². The van der Waals surface area contributed by atoms with E-state index < -0.39 is 0 Å². The highest BCUT2D eigenvalue weighted by Crippen LogP contribution is 2.15. The molecule has 0 heterocycles. The van der Waals surface area contributed by atoms with E-state index in [9.17, 15) is 4.79 Å². The number of terminal acetylenes is 1. The third kappa shape index (κ3) is 5.93. The van der Waals surface area contributed by atoms with Crippen LogP contribution >= 0.6 is 22.6 Å². The standard InChI is InChI=1S/C18H15IN2O3/c1-2-11-23-17-6-4-3-5-14(17)12-20-21-18(22)13-24-16-9-7-15(19)8-10-16/h1,3-10,12H,11,13H2,(H,21,22)/b20-12+. The Labute approximate surface area is 154 Å². The van der Waals surface area contributed by atoms with E-state index in [2.05, 4.69) is 39.0 Å². The Bertz CT molecular complexity index is 752. The first-order valence-corrected chi connectivity index (χ1v) is 8.12. The molecule has 0 fully saturated rings. The molecular formula is C18H15IN2O3. The molecule has 0 saturated heterocycles. The average Bonchev–Trinajstić information content (AvgIpc) is 2.60. The molecular weight excluding hydrogens is 419 g/mol. The van der Waals surface area contributed by atoms with Gasteiger partial charge in [-0.1, -0.05) is 18.1 Å². The van der Waals surface area contributed by atoms with E-state index in [0.29, 0.717) is 17.1 Å². The van der Waals surface area contributed by atoms with Gasteiger partial charge in [0, 0.05) is 9.13 Å². The topological polar surface area (TPSA) is 59.9 Å². The lowest BCUT2D eigenvalue weighted by atomic mass is 10.2. The van der Waals surface area contributed by atoms with Crippen LogP contribution in [0.2, 0.25) is 0 Å². The van der Waals surface area contributed by atoms with Crippen molar-refractivity contribution in [2.24, 2.45) is 5.10 Å². The van der Waals surface area contributed by atoms with Crippen molar-refractivity contribution in [3.8, 4) is 23.8 Å². The first-order valence-electron chi connectivity index (χ1n) is 7.04. The first kappa shape index (κ1) is 17.8. The van der Waals surface area contributed by atoms with Gasteiger partial charge >= 0.3 is 0 Å². The van der Waals surface area contributed by atoms with E-state index in [1.165, 1.54) is 6.21 Å². The number of hydrogen-bond acceptors (Lipinski definition) is 4. The highest BCUT2D eigenvalue weighted by atomic mass is 127. The summed E-state index contributed by atoms with van der Waals surface area (Å²) < 4.78 is 11.9. The smallest absolute Gasteiger partial charge is 0.277 e. The summed E-state index contributed by atoms with van der Waals surface area (Å²) in [5, 5.41) is 3.90. The predicted molar refractivity (Wildman–Crippen MR) is 101 cm³/mol. The number of benzene rings is 2. The minimum atomic E-state index is -0.355. The quantitative estimate of drug-likeness (QED) is 0.316. The maximum atomic E-state index is 11.7. The molecule has 5 nitrogen and oxygen atoms in total. The van der Waals surface area contributed by atoms with Crippen LogP contribution in [-0.2, 0) is 4.79 Å².